The number of hydrogen-bond donors (Lipinski definition) is 0. The first-order chi connectivity index (χ1) is 10.4. The normalized spacial score (nSPS) is 12.8. The molecule has 22 heavy (non-hydrogen) atoms. The van der Waals surface area contributed by atoms with Gasteiger partial charge in [0.25, 0.3) is 0 Å². The van der Waals surface area contributed by atoms with Crippen LogP contribution in [0.3, 0.4) is 0 Å². The van der Waals surface area contributed by atoms with E-state index in [0.717, 1.165) is 37.2 Å². The van der Waals surface area contributed by atoms with Gasteiger partial charge in [-0.3, -0.25) is 0 Å². The van der Waals surface area contributed by atoms with Crippen molar-refractivity contribution in [2.75, 3.05) is 37.2 Å². The Morgan fingerprint density at radius 1 is 0.591 bits per heavy atom. The molecule has 0 aliphatic heterocycles. The zero-order chi connectivity index (χ0) is 16.9. The van der Waals surface area contributed by atoms with Crippen molar-refractivity contribution in [2.45, 2.75) is 40.8 Å². The first-order valence-electron chi connectivity index (χ1n) is 7.58. The van der Waals surface area contributed by atoms with Crippen LogP contribution in [-0.2, 0) is 17.7 Å². The molecular formula is C12H30O4S4Si2. The van der Waals surface area contributed by atoms with Gasteiger partial charge >= 0.3 is 17.1 Å². The highest BCUT2D eigenvalue weighted by Gasteiger charge is 2.32. The lowest BCUT2D eigenvalue weighted by Crippen LogP contribution is -2.42. The Bertz CT molecular complexity index is 240. The Hall–Kier alpha value is 1.67. The molecule has 0 spiro atoms. The summed E-state index contributed by atoms with van der Waals surface area (Å²) in [7, 11) is 3.24. The summed E-state index contributed by atoms with van der Waals surface area (Å²) >= 11 is 0. The summed E-state index contributed by atoms with van der Waals surface area (Å²) in [4.78, 5) is 0. The SMILES string of the molecule is CCO[Si](C)(CSSSSC[Si](C)(OCC)OCC)OCC. The molecule has 0 atom stereocenters. The lowest BCUT2D eigenvalue weighted by molar-refractivity contribution is 0.194. The monoisotopic (exact) mass is 422 g/mol. The van der Waals surface area contributed by atoms with Crippen molar-refractivity contribution in [3.8, 4) is 0 Å². The summed E-state index contributed by atoms with van der Waals surface area (Å²) in [6.07, 6.45) is 0. The quantitative estimate of drug-likeness (QED) is 0.206. The highest BCUT2D eigenvalue weighted by Crippen LogP contribution is 2.44. The van der Waals surface area contributed by atoms with Crippen molar-refractivity contribution in [3.05, 3.63) is 0 Å². The van der Waals surface area contributed by atoms with E-state index in [0.29, 0.717) is 0 Å². The van der Waals surface area contributed by atoms with Gasteiger partial charge in [0.15, 0.2) is 0 Å². The molecule has 0 saturated heterocycles. The van der Waals surface area contributed by atoms with Gasteiger partial charge in [0.1, 0.15) is 0 Å². The molecule has 0 aromatic rings. The molecule has 0 bridgehead atoms. The Morgan fingerprint density at radius 2 is 0.864 bits per heavy atom. The maximum atomic E-state index is 5.83. The van der Waals surface area contributed by atoms with Crippen molar-refractivity contribution < 1.29 is 17.7 Å². The average molecular weight is 423 g/mol. The molecule has 134 valence electrons. The summed E-state index contributed by atoms with van der Waals surface area (Å²) < 4.78 is 23.3. The topological polar surface area (TPSA) is 36.9 Å². The van der Waals surface area contributed by atoms with E-state index in [1.165, 1.54) is 0 Å². The van der Waals surface area contributed by atoms with Gasteiger partial charge in [-0.05, 0) is 60.4 Å². The van der Waals surface area contributed by atoms with Gasteiger partial charge in [0, 0.05) is 37.2 Å². The fourth-order valence-corrected chi connectivity index (χ4v) is 18.3. The van der Waals surface area contributed by atoms with Crippen molar-refractivity contribution in [1.82, 2.24) is 0 Å². The predicted molar refractivity (Wildman–Crippen MR) is 110 cm³/mol. The summed E-state index contributed by atoms with van der Waals surface area (Å²) in [6, 6.07) is 0. The van der Waals surface area contributed by atoms with Crippen LogP contribution in [0.2, 0.25) is 13.1 Å². The first kappa shape index (κ1) is 23.7. The van der Waals surface area contributed by atoms with Crippen LogP contribution in [0.1, 0.15) is 27.7 Å². The second kappa shape index (κ2) is 13.9. The van der Waals surface area contributed by atoms with Crippen molar-refractivity contribution in [3.63, 3.8) is 0 Å². The van der Waals surface area contributed by atoms with E-state index in [2.05, 4.69) is 13.1 Å². The van der Waals surface area contributed by atoms with E-state index in [9.17, 15) is 0 Å². The van der Waals surface area contributed by atoms with Crippen molar-refractivity contribution in [2.24, 2.45) is 0 Å². The minimum absolute atomic E-state index is 0.725. The molecule has 0 N–H and O–H groups in total. The lowest BCUT2D eigenvalue weighted by Gasteiger charge is -2.25. The van der Waals surface area contributed by atoms with E-state index >= 15 is 0 Å². The molecular weight excluding hydrogens is 393 g/mol. The third-order valence-electron chi connectivity index (χ3n) is 2.56. The minimum atomic E-state index is -1.99. The number of hydrogen-bond acceptors (Lipinski definition) is 8. The minimum Gasteiger partial charge on any atom is -0.394 e. The zero-order valence-electron chi connectivity index (χ0n) is 14.5. The van der Waals surface area contributed by atoms with Gasteiger partial charge in [-0.25, -0.2) is 0 Å². The summed E-state index contributed by atoms with van der Waals surface area (Å²) in [5.74, 6) is 0. The standard InChI is InChI=1S/C12H30O4S4Si2/c1-7-13-21(5,14-8-2)11-17-19-20-18-12-22(6,15-9-3)16-10-4/h7-12H2,1-6H3. The molecule has 0 aromatic heterocycles. The van der Waals surface area contributed by atoms with E-state index in [1.54, 1.807) is 19.7 Å². The van der Waals surface area contributed by atoms with Crippen LogP contribution in [0.15, 0.2) is 0 Å². The fraction of sp³-hybridized carbons (Fsp3) is 1.00. The third kappa shape index (κ3) is 11.3. The molecule has 0 saturated carbocycles. The Morgan fingerprint density at radius 3 is 1.09 bits per heavy atom. The maximum absolute atomic E-state index is 5.83. The third-order valence-corrected chi connectivity index (χ3v) is 18.1. The van der Waals surface area contributed by atoms with E-state index < -0.39 is 17.1 Å². The highest BCUT2D eigenvalue weighted by atomic mass is 33.7. The average Bonchev–Trinajstić information content (AvgIpc) is 2.44. The number of rotatable bonds is 15. The fourth-order valence-electron chi connectivity index (χ4n) is 1.77. The molecule has 0 fully saturated rings. The molecule has 10 heteroatoms. The summed E-state index contributed by atoms with van der Waals surface area (Å²) in [6.45, 7) is 15.3. The van der Waals surface area contributed by atoms with Crippen LogP contribution in [-0.4, -0.2) is 54.3 Å². The van der Waals surface area contributed by atoms with Crippen LogP contribution in [0.4, 0.5) is 0 Å². The molecule has 0 rings (SSSR count). The van der Waals surface area contributed by atoms with Gasteiger partial charge in [-0.15, -0.1) is 0 Å². The molecule has 0 aliphatic carbocycles. The second-order valence-corrected chi connectivity index (χ2v) is 18.1. The van der Waals surface area contributed by atoms with E-state index in [4.69, 9.17) is 17.7 Å². The molecule has 0 radical (unpaired) electrons. The lowest BCUT2D eigenvalue weighted by atomic mass is 10.9. The molecule has 4 nitrogen and oxygen atoms in total. The Labute approximate surface area is 153 Å². The first-order valence-corrected chi connectivity index (χ1v) is 17.8. The molecule has 0 aromatic carbocycles. The van der Waals surface area contributed by atoms with Gasteiger partial charge < -0.3 is 17.7 Å². The largest absolute Gasteiger partial charge is 0.394 e. The zero-order valence-corrected chi connectivity index (χ0v) is 19.8. The molecule has 0 amide bonds. The van der Waals surface area contributed by atoms with Crippen LogP contribution in [0.25, 0.3) is 0 Å². The smallest absolute Gasteiger partial charge is 0.346 e. The predicted octanol–water partition coefficient (Wildman–Crippen LogP) is 5.03. The van der Waals surface area contributed by atoms with Crippen LogP contribution in [0.5, 0.6) is 0 Å². The Balaban J connectivity index is 3.91. The molecule has 0 heterocycles. The van der Waals surface area contributed by atoms with Crippen LogP contribution >= 0.6 is 41.2 Å². The molecule has 0 unspecified atom stereocenters. The van der Waals surface area contributed by atoms with Gasteiger partial charge in [0.2, 0.25) is 0 Å². The van der Waals surface area contributed by atoms with Gasteiger partial charge in [-0.1, -0.05) is 21.6 Å². The summed E-state index contributed by atoms with van der Waals surface area (Å²) in [5.41, 5.74) is 0. The second-order valence-electron chi connectivity index (χ2n) is 4.66. The Kier molecular flexibility index (Phi) is 15.0. The maximum Gasteiger partial charge on any atom is 0.346 e. The van der Waals surface area contributed by atoms with Crippen LogP contribution < -0.4 is 0 Å². The molecule has 0 aliphatic rings. The highest BCUT2D eigenvalue weighted by molar-refractivity contribution is 9.26. The summed E-state index contributed by atoms with van der Waals surface area (Å²) in [5, 5.41) is 1.89. The van der Waals surface area contributed by atoms with E-state index in [1.807, 2.05) is 49.3 Å². The van der Waals surface area contributed by atoms with Crippen LogP contribution in [0, 0.1) is 0 Å². The van der Waals surface area contributed by atoms with Crippen molar-refractivity contribution >= 4 is 58.4 Å². The van der Waals surface area contributed by atoms with Gasteiger partial charge in [0.05, 0.1) is 0 Å². The van der Waals surface area contributed by atoms with Crippen molar-refractivity contribution in [1.29, 1.82) is 0 Å². The van der Waals surface area contributed by atoms with Gasteiger partial charge in [-0.2, -0.15) is 0 Å². The van der Waals surface area contributed by atoms with E-state index in [-0.39, 0.29) is 0 Å².